The lowest BCUT2D eigenvalue weighted by atomic mass is 10.0. The van der Waals surface area contributed by atoms with Crippen LogP contribution >= 0.6 is 0 Å². The molecule has 1 saturated heterocycles. The molecule has 0 spiro atoms. The molecule has 5 heteroatoms. The predicted molar refractivity (Wildman–Crippen MR) is 49.2 cm³/mol. The first-order valence-corrected chi connectivity index (χ1v) is 4.84. The van der Waals surface area contributed by atoms with E-state index in [0.29, 0.717) is 0 Å². The van der Waals surface area contributed by atoms with Gasteiger partial charge in [0.15, 0.2) is 0 Å². The van der Waals surface area contributed by atoms with Crippen LogP contribution in [0.2, 0.25) is 0 Å². The molecule has 0 bridgehead atoms. The van der Waals surface area contributed by atoms with E-state index >= 15 is 0 Å². The van der Waals surface area contributed by atoms with Crippen LogP contribution in [0.3, 0.4) is 0 Å². The Morgan fingerprint density at radius 2 is 1.79 bits per heavy atom. The molecule has 0 radical (unpaired) electrons. The Labute approximate surface area is 82.7 Å². The molecule has 84 valence electrons. The second-order valence-electron chi connectivity index (χ2n) is 4.06. The average molecular weight is 210 g/mol. The lowest BCUT2D eigenvalue weighted by Gasteiger charge is -2.35. The van der Waals surface area contributed by atoms with Crippen molar-refractivity contribution in [3.05, 3.63) is 0 Å². The van der Waals surface area contributed by atoms with Crippen molar-refractivity contribution in [2.45, 2.75) is 25.1 Å². The number of nitrogens with zero attached hydrogens (tertiary/aromatic N) is 2. The monoisotopic (exact) mass is 210 g/mol. The zero-order chi connectivity index (χ0) is 10.8. The van der Waals surface area contributed by atoms with Gasteiger partial charge in [0.25, 0.3) is 0 Å². The summed E-state index contributed by atoms with van der Waals surface area (Å²) in [6, 6.07) is 0.0906. The minimum atomic E-state index is -4.07. The Balaban J connectivity index is 2.34. The molecule has 0 amide bonds. The second kappa shape index (κ2) is 4.49. The lowest BCUT2D eigenvalue weighted by Crippen LogP contribution is -2.45. The van der Waals surface area contributed by atoms with Crippen molar-refractivity contribution in [2.24, 2.45) is 0 Å². The molecule has 0 aromatic carbocycles. The first kappa shape index (κ1) is 11.8. The number of hydrogen-bond acceptors (Lipinski definition) is 2. The van der Waals surface area contributed by atoms with Gasteiger partial charge in [0.05, 0.1) is 6.54 Å². The number of piperidine rings is 1. The fourth-order valence-electron chi connectivity index (χ4n) is 1.85. The highest BCUT2D eigenvalue weighted by Crippen LogP contribution is 2.20. The second-order valence-corrected chi connectivity index (χ2v) is 4.06. The lowest BCUT2D eigenvalue weighted by molar-refractivity contribution is -0.149. The molecule has 1 aliphatic rings. The summed E-state index contributed by atoms with van der Waals surface area (Å²) in [7, 11) is 3.56. The van der Waals surface area contributed by atoms with E-state index in [1.165, 1.54) is 4.90 Å². The van der Waals surface area contributed by atoms with E-state index in [0.717, 1.165) is 25.9 Å². The summed E-state index contributed by atoms with van der Waals surface area (Å²) in [4.78, 5) is 3.57. The van der Waals surface area contributed by atoms with Gasteiger partial charge in [-0.3, -0.25) is 4.90 Å². The third-order valence-electron chi connectivity index (χ3n) is 2.74. The Morgan fingerprint density at radius 3 is 2.21 bits per heavy atom. The van der Waals surface area contributed by atoms with Crippen LogP contribution < -0.4 is 0 Å². The minimum Gasteiger partial charge on any atom is -0.306 e. The zero-order valence-electron chi connectivity index (χ0n) is 8.64. The van der Waals surface area contributed by atoms with Gasteiger partial charge in [-0.25, -0.2) is 0 Å². The topological polar surface area (TPSA) is 6.48 Å². The summed E-state index contributed by atoms with van der Waals surface area (Å²) in [5.41, 5.74) is 0. The fourth-order valence-corrected chi connectivity index (χ4v) is 1.85. The number of likely N-dealkylation sites (tertiary alicyclic amines) is 1. The van der Waals surface area contributed by atoms with E-state index in [9.17, 15) is 13.2 Å². The fraction of sp³-hybridized carbons (Fsp3) is 1.00. The van der Waals surface area contributed by atoms with Crippen LogP contribution in [-0.4, -0.2) is 55.7 Å². The first-order chi connectivity index (χ1) is 6.38. The van der Waals surface area contributed by atoms with E-state index in [1.807, 2.05) is 7.05 Å². The van der Waals surface area contributed by atoms with Gasteiger partial charge in [0, 0.05) is 6.04 Å². The van der Waals surface area contributed by atoms with Gasteiger partial charge >= 0.3 is 6.18 Å². The molecule has 14 heavy (non-hydrogen) atoms. The average Bonchev–Trinajstić information content (AvgIpc) is 2.02. The molecular formula is C9H17F3N2. The van der Waals surface area contributed by atoms with Gasteiger partial charge in [-0.15, -0.1) is 0 Å². The van der Waals surface area contributed by atoms with Gasteiger partial charge in [-0.2, -0.15) is 13.2 Å². The highest BCUT2D eigenvalue weighted by atomic mass is 19.4. The largest absolute Gasteiger partial charge is 0.401 e. The van der Waals surface area contributed by atoms with Crippen molar-refractivity contribution in [2.75, 3.05) is 33.7 Å². The summed E-state index contributed by atoms with van der Waals surface area (Å²) < 4.78 is 36.3. The Morgan fingerprint density at radius 1 is 1.29 bits per heavy atom. The molecule has 0 saturated carbocycles. The minimum absolute atomic E-state index is 0.0906. The van der Waals surface area contributed by atoms with Gasteiger partial charge in [-0.05, 0) is 40.0 Å². The van der Waals surface area contributed by atoms with Gasteiger partial charge in [0.2, 0.25) is 0 Å². The van der Waals surface area contributed by atoms with Crippen LogP contribution in [0.5, 0.6) is 0 Å². The summed E-state index contributed by atoms with van der Waals surface area (Å²) in [5.74, 6) is 0. The molecule has 0 N–H and O–H groups in total. The van der Waals surface area contributed by atoms with Gasteiger partial charge in [-0.1, -0.05) is 0 Å². The van der Waals surface area contributed by atoms with Crippen molar-refractivity contribution < 1.29 is 13.2 Å². The van der Waals surface area contributed by atoms with Crippen LogP contribution in [0.15, 0.2) is 0 Å². The molecule has 0 aliphatic carbocycles. The van der Waals surface area contributed by atoms with Crippen molar-refractivity contribution in [1.29, 1.82) is 0 Å². The molecule has 2 nitrogen and oxygen atoms in total. The summed E-state index contributed by atoms with van der Waals surface area (Å²) in [6.45, 7) is 1.00. The summed E-state index contributed by atoms with van der Waals surface area (Å²) in [6.07, 6.45) is -2.40. The molecule has 1 fully saturated rings. The van der Waals surface area contributed by atoms with E-state index in [-0.39, 0.29) is 6.04 Å². The van der Waals surface area contributed by atoms with Crippen LogP contribution in [0.25, 0.3) is 0 Å². The first-order valence-electron chi connectivity index (χ1n) is 4.84. The van der Waals surface area contributed by atoms with Crippen molar-refractivity contribution in [3.8, 4) is 0 Å². The maximum Gasteiger partial charge on any atom is 0.401 e. The molecule has 0 atom stereocenters. The molecule has 0 unspecified atom stereocenters. The molecular weight excluding hydrogens is 193 g/mol. The normalized spacial score (nSPS) is 21.9. The standard InChI is InChI=1S/C9H17F3N2/c1-13-5-3-8(4-6-13)14(2)7-9(10,11)12/h8H,3-7H2,1-2H3. The van der Waals surface area contributed by atoms with E-state index in [2.05, 4.69) is 4.90 Å². The molecule has 1 rings (SSSR count). The van der Waals surface area contributed by atoms with Crippen LogP contribution in [0.4, 0.5) is 13.2 Å². The maximum absolute atomic E-state index is 12.1. The van der Waals surface area contributed by atoms with Crippen molar-refractivity contribution in [1.82, 2.24) is 9.80 Å². The quantitative estimate of drug-likeness (QED) is 0.682. The predicted octanol–water partition coefficient (Wildman–Crippen LogP) is 1.57. The van der Waals surface area contributed by atoms with Crippen molar-refractivity contribution >= 4 is 0 Å². The van der Waals surface area contributed by atoms with Gasteiger partial charge in [0.1, 0.15) is 0 Å². The highest BCUT2D eigenvalue weighted by molar-refractivity contribution is 4.77. The highest BCUT2D eigenvalue weighted by Gasteiger charge is 2.32. The molecule has 0 aromatic rings. The molecule has 0 aromatic heterocycles. The summed E-state index contributed by atoms with van der Waals surface area (Å²) in [5, 5.41) is 0. The van der Waals surface area contributed by atoms with E-state index < -0.39 is 12.7 Å². The van der Waals surface area contributed by atoms with Crippen LogP contribution in [0.1, 0.15) is 12.8 Å². The summed E-state index contributed by atoms with van der Waals surface area (Å²) >= 11 is 0. The third-order valence-corrected chi connectivity index (χ3v) is 2.74. The number of alkyl halides is 3. The van der Waals surface area contributed by atoms with Crippen LogP contribution in [0, 0.1) is 0 Å². The van der Waals surface area contributed by atoms with Crippen LogP contribution in [-0.2, 0) is 0 Å². The smallest absolute Gasteiger partial charge is 0.306 e. The van der Waals surface area contributed by atoms with E-state index in [1.54, 1.807) is 7.05 Å². The number of hydrogen-bond donors (Lipinski definition) is 0. The number of rotatable bonds is 2. The number of halogens is 3. The maximum atomic E-state index is 12.1. The Hall–Kier alpha value is -0.290. The Bertz CT molecular complexity index is 173. The third kappa shape index (κ3) is 3.84. The van der Waals surface area contributed by atoms with E-state index in [4.69, 9.17) is 0 Å². The Kier molecular flexibility index (Phi) is 3.78. The molecule has 1 aliphatic heterocycles. The zero-order valence-corrected chi connectivity index (χ0v) is 8.64. The molecule has 1 heterocycles. The van der Waals surface area contributed by atoms with Gasteiger partial charge < -0.3 is 4.90 Å². The SMILES string of the molecule is CN1CCC(N(C)CC(F)(F)F)CC1. The van der Waals surface area contributed by atoms with Crippen molar-refractivity contribution in [3.63, 3.8) is 0 Å².